The standard InChI is InChI=1S/C31H41N3O5/c1-4-18-32(22-12-8-6-9-13-22)28(36)25-24-16-17-31(39-24)26(25)29(37)34(21(3)20-35)27(31)30(38)33(19-5-2)23-14-10-7-11-15-23/h4-6,8-9,12-13,21,23-27,35H,1-2,7,10-11,14-20H2,3H3/t21-,24+,25-,26+,27?,31?/m1/s1. The molecule has 1 aliphatic carbocycles. The second kappa shape index (κ2) is 11.3. The zero-order chi connectivity index (χ0) is 27.7. The molecule has 2 bridgehead atoms. The summed E-state index contributed by atoms with van der Waals surface area (Å²) >= 11 is 0. The largest absolute Gasteiger partial charge is 0.394 e. The van der Waals surface area contributed by atoms with Crippen molar-refractivity contribution < 1.29 is 24.2 Å². The van der Waals surface area contributed by atoms with Crippen LogP contribution in [0.4, 0.5) is 5.69 Å². The molecule has 0 aromatic heterocycles. The molecule has 1 spiro atoms. The third-order valence-corrected chi connectivity index (χ3v) is 9.27. The molecule has 3 heterocycles. The molecule has 4 aliphatic rings. The van der Waals surface area contributed by atoms with Crippen molar-refractivity contribution in [1.29, 1.82) is 0 Å². The Labute approximate surface area is 231 Å². The summed E-state index contributed by atoms with van der Waals surface area (Å²) in [4.78, 5) is 48.0. The lowest BCUT2D eigenvalue weighted by molar-refractivity contribution is -0.152. The van der Waals surface area contributed by atoms with Crippen LogP contribution in [0.25, 0.3) is 0 Å². The maximum Gasteiger partial charge on any atom is 0.248 e. The van der Waals surface area contributed by atoms with Crippen LogP contribution < -0.4 is 4.90 Å². The van der Waals surface area contributed by atoms with Gasteiger partial charge in [-0.2, -0.15) is 0 Å². The number of fused-ring (bicyclic) bond motifs is 1. The fraction of sp³-hybridized carbons (Fsp3) is 0.581. The fourth-order valence-electron chi connectivity index (χ4n) is 7.56. The fourth-order valence-corrected chi connectivity index (χ4v) is 7.56. The summed E-state index contributed by atoms with van der Waals surface area (Å²) < 4.78 is 6.64. The minimum absolute atomic E-state index is 0.0817. The molecular formula is C31H41N3O5. The van der Waals surface area contributed by atoms with Gasteiger partial charge in [-0.25, -0.2) is 0 Å². The smallest absolute Gasteiger partial charge is 0.248 e. The number of aliphatic hydroxyl groups excluding tert-OH is 1. The van der Waals surface area contributed by atoms with E-state index in [2.05, 4.69) is 13.2 Å². The Balaban J connectivity index is 1.53. The number of amides is 3. The quantitative estimate of drug-likeness (QED) is 0.465. The topological polar surface area (TPSA) is 90.4 Å². The van der Waals surface area contributed by atoms with Gasteiger partial charge in [0.1, 0.15) is 11.6 Å². The maximum atomic E-state index is 14.5. The van der Waals surface area contributed by atoms with E-state index in [9.17, 15) is 19.5 Å². The lowest BCUT2D eigenvalue weighted by Gasteiger charge is -2.41. The summed E-state index contributed by atoms with van der Waals surface area (Å²) in [5.41, 5.74) is -0.361. The molecule has 3 saturated heterocycles. The maximum absolute atomic E-state index is 14.5. The van der Waals surface area contributed by atoms with E-state index in [0.29, 0.717) is 25.9 Å². The first-order chi connectivity index (χ1) is 18.9. The molecule has 1 saturated carbocycles. The number of rotatable bonds is 10. The molecule has 0 radical (unpaired) electrons. The first-order valence-electron chi connectivity index (χ1n) is 14.4. The van der Waals surface area contributed by atoms with Crippen LogP contribution in [0.5, 0.6) is 0 Å². The summed E-state index contributed by atoms with van der Waals surface area (Å²) in [6.07, 6.45) is 9.24. The summed E-state index contributed by atoms with van der Waals surface area (Å²) in [5.74, 6) is -2.10. The number of para-hydroxylation sites is 1. The van der Waals surface area contributed by atoms with Gasteiger partial charge in [-0.1, -0.05) is 49.6 Å². The number of carbonyl (C=O) groups excluding carboxylic acids is 3. The minimum atomic E-state index is -1.09. The van der Waals surface area contributed by atoms with Crippen LogP contribution in [-0.4, -0.2) is 82.2 Å². The Morgan fingerprint density at radius 3 is 2.44 bits per heavy atom. The minimum Gasteiger partial charge on any atom is -0.394 e. The molecule has 8 nitrogen and oxygen atoms in total. The van der Waals surface area contributed by atoms with Crippen molar-refractivity contribution in [3.63, 3.8) is 0 Å². The summed E-state index contributed by atoms with van der Waals surface area (Å²) in [5, 5.41) is 10.2. The number of aliphatic hydroxyl groups is 1. The molecule has 1 N–H and O–H groups in total. The molecule has 1 aromatic carbocycles. The van der Waals surface area contributed by atoms with Crippen molar-refractivity contribution >= 4 is 23.4 Å². The number of nitrogens with zero attached hydrogens (tertiary/aromatic N) is 3. The highest BCUT2D eigenvalue weighted by Crippen LogP contribution is 2.59. The van der Waals surface area contributed by atoms with E-state index in [1.54, 1.807) is 24.0 Å². The average molecular weight is 536 g/mol. The number of anilines is 1. The number of likely N-dealkylation sites (tertiary alicyclic amines) is 1. The third kappa shape index (κ3) is 4.51. The highest BCUT2D eigenvalue weighted by molar-refractivity contribution is 6.03. The van der Waals surface area contributed by atoms with Gasteiger partial charge in [0.2, 0.25) is 17.7 Å². The van der Waals surface area contributed by atoms with Gasteiger partial charge in [0.15, 0.2) is 0 Å². The molecular weight excluding hydrogens is 494 g/mol. The number of carbonyl (C=O) groups is 3. The van der Waals surface area contributed by atoms with Gasteiger partial charge in [0.25, 0.3) is 0 Å². The first kappa shape index (κ1) is 27.6. The van der Waals surface area contributed by atoms with Gasteiger partial charge < -0.3 is 24.5 Å². The molecule has 2 unspecified atom stereocenters. The van der Waals surface area contributed by atoms with Crippen LogP contribution in [-0.2, 0) is 19.1 Å². The van der Waals surface area contributed by atoms with Crippen molar-refractivity contribution in [1.82, 2.24) is 9.80 Å². The monoisotopic (exact) mass is 535 g/mol. The third-order valence-electron chi connectivity index (χ3n) is 9.27. The highest BCUT2D eigenvalue weighted by atomic mass is 16.5. The molecule has 3 amide bonds. The van der Waals surface area contributed by atoms with E-state index in [1.807, 2.05) is 35.2 Å². The predicted molar refractivity (Wildman–Crippen MR) is 149 cm³/mol. The second-order valence-electron chi connectivity index (χ2n) is 11.5. The Hall–Kier alpha value is -2.97. The molecule has 3 aliphatic heterocycles. The van der Waals surface area contributed by atoms with Crippen LogP contribution in [0.1, 0.15) is 51.9 Å². The molecule has 1 aromatic rings. The summed E-state index contributed by atoms with van der Waals surface area (Å²) in [6.45, 7) is 9.91. The van der Waals surface area contributed by atoms with Crippen molar-refractivity contribution in [2.45, 2.75) is 81.7 Å². The lowest BCUT2D eigenvalue weighted by Crippen LogP contribution is -2.60. The van der Waals surface area contributed by atoms with E-state index in [0.717, 1.165) is 37.8 Å². The summed E-state index contributed by atoms with van der Waals surface area (Å²) in [6, 6.07) is 7.98. The number of hydrogen-bond acceptors (Lipinski definition) is 5. The zero-order valence-corrected chi connectivity index (χ0v) is 22.9. The first-order valence-corrected chi connectivity index (χ1v) is 14.4. The number of ether oxygens (including phenoxy) is 1. The van der Waals surface area contributed by atoms with Gasteiger partial charge in [0.05, 0.1) is 30.6 Å². The van der Waals surface area contributed by atoms with Gasteiger partial charge in [-0.15, -0.1) is 13.2 Å². The second-order valence-corrected chi connectivity index (χ2v) is 11.5. The normalized spacial score (nSPS) is 30.6. The van der Waals surface area contributed by atoms with Crippen LogP contribution in [0, 0.1) is 11.8 Å². The van der Waals surface area contributed by atoms with Crippen molar-refractivity contribution in [2.75, 3.05) is 24.6 Å². The summed E-state index contributed by atoms with van der Waals surface area (Å²) in [7, 11) is 0. The zero-order valence-electron chi connectivity index (χ0n) is 22.9. The molecule has 5 rings (SSSR count). The Morgan fingerprint density at radius 2 is 1.79 bits per heavy atom. The number of benzene rings is 1. The van der Waals surface area contributed by atoms with E-state index < -0.39 is 35.6 Å². The Bertz CT molecular complexity index is 1100. The number of hydrogen-bond donors (Lipinski definition) is 1. The van der Waals surface area contributed by atoms with E-state index >= 15 is 0 Å². The van der Waals surface area contributed by atoms with E-state index in [1.165, 1.54) is 4.90 Å². The van der Waals surface area contributed by atoms with Crippen LogP contribution in [0.15, 0.2) is 55.6 Å². The van der Waals surface area contributed by atoms with Crippen LogP contribution in [0.3, 0.4) is 0 Å². The molecule has 39 heavy (non-hydrogen) atoms. The van der Waals surface area contributed by atoms with E-state index in [4.69, 9.17) is 4.74 Å². The van der Waals surface area contributed by atoms with Crippen LogP contribution in [0.2, 0.25) is 0 Å². The van der Waals surface area contributed by atoms with Gasteiger partial charge >= 0.3 is 0 Å². The molecule has 8 heteroatoms. The average Bonchev–Trinajstić information content (AvgIpc) is 3.62. The van der Waals surface area contributed by atoms with Crippen LogP contribution >= 0.6 is 0 Å². The SMILES string of the molecule is C=CCN(C(=O)[C@@H]1[C@@H]2CCC3(O2)C(C(=O)N(CC=C)C2CCCCC2)N([C@H](C)CO)C(=O)[C@H]13)c1ccccc1. The molecule has 210 valence electrons. The predicted octanol–water partition coefficient (Wildman–Crippen LogP) is 3.31. The lowest BCUT2D eigenvalue weighted by atomic mass is 9.70. The highest BCUT2D eigenvalue weighted by Gasteiger charge is 2.75. The Kier molecular flexibility index (Phi) is 7.96. The Morgan fingerprint density at radius 1 is 1.10 bits per heavy atom. The molecule has 4 fully saturated rings. The van der Waals surface area contributed by atoms with Gasteiger partial charge in [-0.3, -0.25) is 14.4 Å². The van der Waals surface area contributed by atoms with Crippen molar-refractivity contribution in [2.24, 2.45) is 11.8 Å². The van der Waals surface area contributed by atoms with Gasteiger partial charge in [-0.05, 0) is 44.7 Å². The molecule has 6 atom stereocenters. The van der Waals surface area contributed by atoms with E-state index in [-0.39, 0.29) is 30.4 Å². The van der Waals surface area contributed by atoms with Crippen molar-refractivity contribution in [3.8, 4) is 0 Å². The van der Waals surface area contributed by atoms with Crippen molar-refractivity contribution in [3.05, 3.63) is 55.6 Å². The van der Waals surface area contributed by atoms with Gasteiger partial charge in [0, 0.05) is 24.8 Å².